The molecule has 6 heteroatoms. The summed E-state index contributed by atoms with van der Waals surface area (Å²) in [4.78, 5) is 17.2. The quantitative estimate of drug-likeness (QED) is 0.561. The maximum absolute atomic E-state index is 13.0. The molecule has 0 spiro atoms. The van der Waals surface area contributed by atoms with Gasteiger partial charge in [-0.05, 0) is 49.1 Å². The number of H-pyrrole nitrogens is 1. The molecule has 1 amide bonds. The average molecular weight is 423 g/mol. The molecule has 1 fully saturated rings. The summed E-state index contributed by atoms with van der Waals surface area (Å²) in [6, 6.07) is 18.1. The van der Waals surface area contributed by atoms with Crippen LogP contribution in [0.25, 0.3) is 11.1 Å². The summed E-state index contributed by atoms with van der Waals surface area (Å²) in [6.07, 6.45) is 5.17. The molecule has 2 aromatic carbocycles. The third-order valence-electron chi connectivity index (χ3n) is 5.79. The van der Waals surface area contributed by atoms with Crippen LogP contribution in [0.1, 0.15) is 37.4 Å². The molecule has 0 aliphatic carbocycles. The van der Waals surface area contributed by atoms with Crippen LogP contribution in [0.3, 0.4) is 0 Å². The highest BCUT2D eigenvalue weighted by Crippen LogP contribution is 2.37. The minimum atomic E-state index is 0.0424. The molecule has 30 heavy (non-hydrogen) atoms. The van der Waals surface area contributed by atoms with E-state index in [1.807, 2.05) is 53.6 Å². The number of benzene rings is 2. The maximum Gasteiger partial charge on any atom is 0.223 e. The van der Waals surface area contributed by atoms with Gasteiger partial charge in [0.1, 0.15) is 0 Å². The van der Waals surface area contributed by atoms with Crippen molar-refractivity contribution in [2.45, 2.75) is 31.7 Å². The zero-order valence-electron chi connectivity index (χ0n) is 17.2. The number of hydrogen-bond donors (Lipinski definition) is 1. The van der Waals surface area contributed by atoms with Gasteiger partial charge in [-0.2, -0.15) is 5.10 Å². The summed E-state index contributed by atoms with van der Waals surface area (Å²) in [5.74, 6) is 0.214. The van der Waals surface area contributed by atoms with Gasteiger partial charge in [-0.1, -0.05) is 41.9 Å². The monoisotopic (exact) mass is 422 g/mol. The Hall–Kier alpha value is -2.79. The van der Waals surface area contributed by atoms with Crippen molar-refractivity contribution in [1.29, 1.82) is 0 Å². The molecule has 1 aliphatic rings. The molecule has 5 nitrogen and oxygen atoms in total. The molecule has 4 rings (SSSR count). The lowest BCUT2D eigenvalue weighted by atomic mass is 10.0. The van der Waals surface area contributed by atoms with Gasteiger partial charge >= 0.3 is 0 Å². The van der Waals surface area contributed by atoms with Gasteiger partial charge < -0.3 is 9.80 Å². The van der Waals surface area contributed by atoms with Gasteiger partial charge in [-0.25, -0.2) is 0 Å². The molecule has 1 saturated heterocycles. The Bertz CT molecular complexity index is 988. The number of nitrogens with zero attached hydrogens (tertiary/aromatic N) is 3. The summed E-state index contributed by atoms with van der Waals surface area (Å²) in [7, 11) is 2.07. The van der Waals surface area contributed by atoms with Crippen LogP contribution >= 0.6 is 11.6 Å². The largest absolute Gasteiger partial charge is 0.375 e. The van der Waals surface area contributed by atoms with Crippen molar-refractivity contribution >= 4 is 23.2 Å². The number of carbonyl (C=O) groups is 1. The van der Waals surface area contributed by atoms with Gasteiger partial charge in [-0.15, -0.1) is 0 Å². The van der Waals surface area contributed by atoms with Crippen LogP contribution < -0.4 is 4.90 Å². The lowest BCUT2D eigenvalue weighted by Crippen LogP contribution is -2.31. The minimum absolute atomic E-state index is 0.0424. The van der Waals surface area contributed by atoms with Crippen LogP contribution in [-0.4, -0.2) is 41.1 Å². The summed E-state index contributed by atoms with van der Waals surface area (Å²) in [6.45, 7) is 1.65. The molecule has 0 radical (unpaired) electrons. The summed E-state index contributed by atoms with van der Waals surface area (Å²) >= 11 is 6.18. The molecule has 0 bridgehead atoms. The number of amides is 1. The maximum atomic E-state index is 13.0. The number of likely N-dealkylation sites (tertiary alicyclic amines) is 1. The standard InChI is InChI=1S/C24H27ClN4O/c1-28(20-10-3-2-4-11-20)14-7-13-23(30)29-15-6-12-22(29)24-21(17-26-27-24)18-8-5-9-19(25)16-18/h2-5,8-11,16-17,22H,6-7,12-15H2,1H3,(H,26,27)/t22-/m1/s1. The van der Waals surface area contributed by atoms with Gasteiger partial charge in [0.25, 0.3) is 0 Å². The van der Waals surface area contributed by atoms with Crippen molar-refractivity contribution < 1.29 is 4.79 Å². The zero-order valence-corrected chi connectivity index (χ0v) is 18.0. The Labute approximate surface area is 182 Å². The number of para-hydroxylation sites is 1. The molecule has 2 heterocycles. The van der Waals surface area contributed by atoms with Crippen molar-refractivity contribution in [2.24, 2.45) is 0 Å². The predicted molar refractivity (Wildman–Crippen MR) is 122 cm³/mol. The second-order valence-corrected chi connectivity index (χ2v) is 8.25. The molecule has 1 aliphatic heterocycles. The number of aromatic amines is 1. The normalized spacial score (nSPS) is 16.1. The lowest BCUT2D eigenvalue weighted by Gasteiger charge is -2.26. The van der Waals surface area contributed by atoms with E-state index in [9.17, 15) is 4.79 Å². The van der Waals surface area contributed by atoms with Crippen LogP contribution in [0.15, 0.2) is 60.8 Å². The molecular weight excluding hydrogens is 396 g/mol. The van der Waals surface area contributed by atoms with E-state index in [0.717, 1.165) is 49.2 Å². The van der Waals surface area contributed by atoms with Crippen LogP contribution in [0.2, 0.25) is 5.02 Å². The number of nitrogens with one attached hydrogen (secondary N) is 1. The Kier molecular flexibility index (Phi) is 6.38. The fourth-order valence-corrected chi connectivity index (χ4v) is 4.41. The first-order valence-electron chi connectivity index (χ1n) is 10.5. The third kappa shape index (κ3) is 4.51. The molecule has 1 atom stereocenters. The number of anilines is 1. The van der Waals surface area contributed by atoms with E-state index < -0.39 is 0 Å². The summed E-state index contributed by atoms with van der Waals surface area (Å²) in [5.41, 5.74) is 4.22. The van der Waals surface area contributed by atoms with Gasteiger partial charge in [0, 0.05) is 42.8 Å². The Balaban J connectivity index is 1.41. The van der Waals surface area contributed by atoms with Crippen molar-refractivity contribution in [1.82, 2.24) is 15.1 Å². The summed E-state index contributed by atoms with van der Waals surface area (Å²) < 4.78 is 0. The molecule has 1 aromatic heterocycles. The highest BCUT2D eigenvalue weighted by molar-refractivity contribution is 6.30. The van der Waals surface area contributed by atoms with E-state index in [2.05, 4.69) is 34.3 Å². The number of halogens is 1. The van der Waals surface area contributed by atoms with Crippen molar-refractivity contribution in [3.05, 3.63) is 71.5 Å². The third-order valence-corrected chi connectivity index (χ3v) is 6.03. The topological polar surface area (TPSA) is 52.2 Å². The molecular formula is C24H27ClN4O. The van der Waals surface area contributed by atoms with Crippen molar-refractivity contribution in [3.63, 3.8) is 0 Å². The first kappa shape index (κ1) is 20.5. The van der Waals surface area contributed by atoms with Crippen LogP contribution in [0.5, 0.6) is 0 Å². The highest BCUT2D eigenvalue weighted by Gasteiger charge is 2.32. The van der Waals surface area contributed by atoms with Gasteiger partial charge in [0.15, 0.2) is 0 Å². The number of rotatable bonds is 7. The van der Waals surface area contributed by atoms with Gasteiger partial charge in [0.2, 0.25) is 5.91 Å². The SMILES string of the molecule is CN(CCCC(=O)N1CCC[C@@H]1c1[nH]ncc1-c1cccc(Cl)c1)c1ccccc1. The van der Waals surface area contributed by atoms with Crippen molar-refractivity contribution in [3.8, 4) is 11.1 Å². The predicted octanol–water partition coefficient (Wildman–Crippen LogP) is 5.31. The van der Waals surface area contributed by atoms with Crippen LogP contribution in [-0.2, 0) is 4.79 Å². The second kappa shape index (κ2) is 9.35. The van der Waals surface area contributed by atoms with E-state index in [-0.39, 0.29) is 11.9 Å². The van der Waals surface area contributed by atoms with Gasteiger partial charge in [0.05, 0.1) is 17.9 Å². The number of aromatic nitrogens is 2. The summed E-state index contributed by atoms with van der Waals surface area (Å²) in [5, 5.41) is 8.12. The molecule has 0 saturated carbocycles. The van der Waals surface area contributed by atoms with E-state index in [1.165, 1.54) is 5.69 Å². The minimum Gasteiger partial charge on any atom is -0.375 e. The molecule has 156 valence electrons. The second-order valence-electron chi connectivity index (χ2n) is 7.81. The molecule has 0 unspecified atom stereocenters. The lowest BCUT2D eigenvalue weighted by molar-refractivity contribution is -0.132. The molecule has 3 aromatic rings. The van der Waals surface area contributed by atoms with E-state index in [0.29, 0.717) is 11.4 Å². The first-order valence-corrected chi connectivity index (χ1v) is 10.9. The Morgan fingerprint density at radius 2 is 2.07 bits per heavy atom. The highest BCUT2D eigenvalue weighted by atomic mass is 35.5. The fourth-order valence-electron chi connectivity index (χ4n) is 4.22. The van der Waals surface area contributed by atoms with Crippen molar-refractivity contribution in [2.75, 3.05) is 25.0 Å². The average Bonchev–Trinajstić information content (AvgIpc) is 3.43. The Morgan fingerprint density at radius 3 is 2.87 bits per heavy atom. The number of hydrogen-bond acceptors (Lipinski definition) is 3. The van der Waals surface area contributed by atoms with E-state index in [1.54, 1.807) is 0 Å². The fraction of sp³-hybridized carbons (Fsp3) is 0.333. The van der Waals surface area contributed by atoms with Crippen LogP contribution in [0.4, 0.5) is 5.69 Å². The smallest absolute Gasteiger partial charge is 0.223 e. The zero-order chi connectivity index (χ0) is 20.9. The van der Waals surface area contributed by atoms with Crippen LogP contribution in [0, 0.1) is 0 Å². The van der Waals surface area contributed by atoms with Gasteiger partial charge in [-0.3, -0.25) is 9.89 Å². The van der Waals surface area contributed by atoms with E-state index in [4.69, 9.17) is 11.6 Å². The number of carbonyl (C=O) groups excluding carboxylic acids is 1. The first-order chi connectivity index (χ1) is 14.6. The molecule has 1 N–H and O–H groups in total. The van der Waals surface area contributed by atoms with E-state index >= 15 is 0 Å². The Morgan fingerprint density at radius 1 is 1.23 bits per heavy atom.